The molecule has 0 spiro atoms. The van der Waals surface area contributed by atoms with Crippen molar-refractivity contribution in [1.29, 1.82) is 10.5 Å². The third-order valence-corrected chi connectivity index (χ3v) is 1.81. The number of hydrogen-bond donors (Lipinski definition) is 2. The molecule has 1 aromatic heterocycles. The number of hydrogen-bond acceptors (Lipinski definition) is 7. The van der Waals surface area contributed by atoms with Gasteiger partial charge >= 0.3 is 0 Å². The van der Waals surface area contributed by atoms with Crippen LogP contribution in [-0.2, 0) is 0 Å². The van der Waals surface area contributed by atoms with Gasteiger partial charge < -0.3 is 10.3 Å². The fourth-order valence-electron chi connectivity index (χ4n) is 1.07. The van der Waals surface area contributed by atoms with Gasteiger partial charge in [0.1, 0.15) is 18.8 Å². The van der Waals surface area contributed by atoms with Gasteiger partial charge in [-0.25, -0.2) is 10.8 Å². The average molecular weight is 231 g/mol. The Balaban J connectivity index is 2.93. The predicted octanol–water partition coefficient (Wildman–Crippen LogP) is -0.748. The molecule has 3 N–H and O–H groups in total. The minimum atomic E-state index is -0.544. The maximum Gasteiger partial charge on any atom is 0.275 e. The minimum Gasteiger partial charge on any atom is -0.311 e. The van der Waals surface area contributed by atoms with E-state index in [9.17, 15) is 4.79 Å². The van der Waals surface area contributed by atoms with Crippen LogP contribution in [0.2, 0.25) is 0 Å². The molecule has 1 aromatic rings. The molecule has 0 unspecified atom stereocenters. The van der Waals surface area contributed by atoms with E-state index in [2.05, 4.69) is 15.4 Å². The van der Waals surface area contributed by atoms with Crippen LogP contribution in [0, 0.1) is 22.7 Å². The number of hydrazine groups is 1. The second-order valence-electron chi connectivity index (χ2n) is 2.91. The van der Waals surface area contributed by atoms with Gasteiger partial charge in [-0.3, -0.25) is 9.78 Å². The zero-order valence-corrected chi connectivity index (χ0v) is 8.79. The fourth-order valence-corrected chi connectivity index (χ4v) is 1.07. The highest BCUT2D eigenvalue weighted by molar-refractivity contribution is 5.92. The number of amides is 1. The summed E-state index contributed by atoms with van der Waals surface area (Å²) in [6, 6.07) is 3.59. The van der Waals surface area contributed by atoms with Gasteiger partial charge in [0.05, 0.1) is 24.5 Å². The lowest BCUT2D eigenvalue weighted by atomic mass is 10.3. The molecular formula is C9H9N7O. The van der Waals surface area contributed by atoms with Gasteiger partial charge in [0.2, 0.25) is 0 Å². The Kier molecular flexibility index (Phi) is 4.36. The van der Waals surface area contributed by atoms with E-state index >= 15 is 0 Å². The minimum absolute atomic E-state index is 0.0194. The van der Waals surface area contributed by atoms with Gasteiger partial charge in [-0.05, 0) is 0 Å². The van der Waals surface area contributed by atoms with E-state index in [1.54, 1.807) is 12.1 Å². The molecule has 86 valence electrons. The smallest absolute Gasteiger partial charge is 0.275 e. The van der Waals surface area contributed by atoms with Crippen LogP contribution in [0.1, 0.15) is 10.5 Å². The number of aromatic nitrogens is 2. The molecule has 0 atom stereocenters. The van der Waals surface area contributed by atoms with Crippen molar-refractivity contribution in [2.45, 2.75) is 0 Å². The quantitative estimate of drug-likeness (QED) is 0.396. The van der Waals surface area contributed by atoms with Gasteiger partial charge in [0, 0.05) is 0 Å². The molecule has 0 saturated carbocycles. The summed E-state index contributed by atoms with van der Waals surface area (Å²) in [7, 11) is 0. The topological polar surface area (TPSA) is 132 Å². The molecule has 0 aliphatic rings. The van der Waals surface area contributed by atoms with Crippen LogP contribution in [-0.4, -0.2) is 33.9 Å². The molecule has 0 fully saturated rings. The van der Waals surface area contributed by atoms with Crippen molar-refractivity contribution >= 4 is 11.7 Å². The Morgan fingerprint density at radius 2 is 2.06 bits per heavy atom. The largest absolute Gasteiger partial charge is 0.311 e. The van der Waals surface area contributed by atoms with E-state index in [0.29, 0.717) is 0 Å². The summed E-state index contributed by atoms with van der Waals surface area (Å²) in [6.07, 6.45) is 2.58. The standard InChI is InChI=1S/C9H9N7O/c10-1-3-16(4-2-11)9(17)7-5-13-6-8(14-7)15-12/h5-6H,3-4,12H2,(H,14,15). The zero-order chi connectivity index (χ0) is 12.7. The molecule has 0 radical (unpaired) electrons. The molecule has 0 aromatic carbocycles. The van der Waals surface area contributed by atoms with Gasteiger partial charge in [0.15, 0.2) is 5.82 Å². The first-order valence-electron chi connectivity index (χ1n) is 4.54. The summed E-state index contributed by atoms with van der Waals surface area (Å²) < 4.78 is 0. The SMILES string of the molecule is N#CCN(CC#N)C(=O)c1cncc(NN)n1. The number of nitrogens with two attached hydrogens (primary N) is 1. The van der Waals surface area contributed by atoms with Crippen molar-refractivity contribution in [3.05, 3.63) is 18.1 Å². The van der Waals surface area contributed by atoms with Crippen LogP contribution in [0.5, 0.6) is 0 Å². The lowest BCUT2D eigenvalue weighted by molar-refractivity contribution is 0.0788. The Labute approximate surface area is 97.3 Å². The number of nitriles is 2. The van der Waals surface area contributed by atoms with Crippen LogP contribution in [0.25, 0.3) is 0 Å². The molecule has 8 nitrogen and oxygen atoms in total. The normalized spacial score (nSPS) is 8.88. The Bertz CT molecular complexity index is 471. The number of carbonyl (C=O) groups excluding carboxylic acids is 1. The van der Waals surface area contributed by atoms with Crippen LogP contribution in [0.3, 0.4) is 0 Å². The number of carbonyl (C=O) groups is 1. The molecule has 0 aliphatic heterocycles. The first kappa shape index (κ1) is 12.4. The van der Waals surface area contributed by atoms with Crippen LogP contribution in [0.15, 0.2) is 12.4 Å². The molecule has 8 heteroatoms. The molecule has 0 bridgehead atoms. The fraction of sp³-hybridized carbons (Fsp3) is 0.222. The molecule has 1 rings (SSSR count). The van der Waals surface area contributed by atoms with E-state index < -0.39 is 5.91 Å². The number of anilines is 1. The molecule has 0 saturated heterocycles. The van der Waals surface area contributed by atoms with Gasteiger partial charge in [-0.15, -0.1) is 0 Å². The predicted molar refractivity (Wildman–Crippen MR) is 57.0 cm³/mol. The van der Waals surface area contributed by atoms with Crippen LogP contribution in [0.4, 0.5) is 5.82 Å². The second-order valence-corrected chi connectivity index (χ2v) is 2.91. The van der Waals surface area contributed by atoms with E-state index in [4.69, 9.17) is 16.4 Å². The maximum atomic E-state index is 11.8. The van der Waals surface area contributed by atoms with Gasteiger partial charge in [-0.2, -0.15) is 10.5 Å². The summed E-state index contributed by atoms with van der Waals surface area (Å²) in [5, 5.41) is 17.1. The first-order chi connectivity index (χ1) is 8.22. The number of rotatable bonds is 4. The highest BCUT2D eigenvalue weighted by Crippen LogP contribution is 2.04. The first-order valence-corrected chi connectivity index (χ1v) is 4.54. The molecule has 0 aliphatic carbocycles. The highest BCUT2D eigenvalue weighted by atomic mass is 16.2. The molecule has 1 amide bonds. The third kappa shape index (κ3) is 3.12. The lowest BCUT2D eigenvalue weighted by Gasteiger charge is -2.14. The van der Waals surface area contributed by atoms with Gasteiger partial charge in [-0.1, -0.05) is 0 Å². The summed E-state index contributed by atoms with van der Waals surface area (Å²) in [4.78, 5) is 20.5. The summed E-state index contributed by atoms with van der Waals surface area (Å²) in [5.74, 6) is 4.81. The average Bonchev–Trinajstić information content (AvgIpc) is 2.38. The molecular weight excluding hydrogens is 222 g/mol. The summed E-state index contributed by atoms with van der Waals surface area (Å²) >= 11 is 0. The van der Waals surface area contributed by atoms with Crippen LogP contribution >= 0.6 is 0 Å². The monoisotopic (exact) mass is 231 g/mol. The number of nitrogens with one attached hydrogen (secondary N) is 1. The molecule has 17 heavy (non-hydrogen) atoms. The second kappa shape index (κ2) is 6.00. The summed E-state index contributed by atoms with van der Waals surface area (Å²) in [5.41, 5.74) is 2.27. The van der Waals surface area contributed by atoms with Crippen molar-refractivity contribution in [2.75, 3.05) is 18.5 Å². The van der Waals surface area contributed by atoms with E-state index in [0.717, 1.165) is 4.90 Å². The third-order valence-electron chi connectivity index (χ3n) is 1.81. The van der Waals surface area contributed by atoms with E-state index in [1.165, 1.54) is 12.4 Å². The van der Waals surface area contributed by atoms with Crippen molar-refractivity contribution < 1.29 is 4.79 Å². The van der Waals surface area contributed by atoms with Crippen LogP contribution < -0.4 is 11.3 Å². The van der Waals surface area contributed by atoms with Crippen molar-refractivity contribution in [2.24, 2.45) is 5.84 Å². The Morgan fingerprint density at radius 3 is 2.59 bits per heavy atom. The number of nitrogen functional groups attached to an aromatic ring is 1. The Morgan fingerprint density at radius 1 is 1.41 bits per heavy atom. The lowest BCUT2D eigenvalue weighted by Crippen LogP contribution is -2.32. The molecule has 1 heterocycles. The zero-order valence-electron chi connectivity index (χ0n) is 8.79. The van der Waals surface area contributed by atoms with Crippen molar-refractivity contribution in [3.63, 3.8) is 0 Å². The summed E-state index contributed by atoms with van der Waals surface area (Å²) in [6.45, 7) is -0.372. The maximum absolute atomic E-state index is 11.8. The van der Waals surface area contributed by atoms with E-state index in [1.807, 2.05) is 0 Å². The number of nitrogens with zero attached hydrogens (tertiary/aromatic N) is 5. The van der Waals surface area contributed by atoms with Crippen molar-refractivity contribution in [3.8, 4) is 12.1 Å². The van der Waals surface area contributed by atoms with E-state index in [-0.39, 0.29) is 24.6 Å². The highest BCUT2D eigenvalue weighted by Gasteiger charge is 2.17. The Hall–Kier alpha value is -2.71. The van der Waals surface area contributed by atoms with Crippen molar-refractivity contribution in [1.82, 2.24) is 14.9 Å². The van der Waals surface area contributed by atoms with Gasteiger partial charge in [0.25, 0.3) is 5.91 Å².